The molecule has 0 saturated heterocycles. The molecule has 0 aromatic carbocycles. The van der Waals surface area contributed by atoms with E-state index in [2.05, 4.69) is 26.8 Å². The van der Waals surface area contributed by atoms with Crippen molar-refractivity contribution in [3.8, 4) is 0 Å². The summed E-state index contributed by atoms with van der Waals surface area (Å²) >= 11 is 0. The second-order valence-corrected chi connectivity index (χ2v) is 3.39. The molecule has 0 atom stereocenters. The van der Waals surface area contributed by atoms with Crippen molar-refractivity contribution in [2.45, 2.75) is 46.5 Å². The summed E-state index contributed by atoms with van der Waals surface area (Å²) in [4.78, 5) is 0. The largest absolute Gasteiger partial charge is 0.0813 e. The van der Waals surface area contributed by atoms with Gasteiger partial charge in [-0.15, -0.1) is 0 Å². The van der Waals surface area contributed by atoms with Gasteiger partial charge >= 0.3 is 0 Å². The molecule has 0 radical (unpaired) electrons. The van der Waals surface area contributed by atoms with E-state index in [-0.39, 0.29) is 0 Å². The van der Waals surface area contributed by atoms with E-state index in [1.807, 2.05) is 0 Å². The van der Waals surface area contributed by atoms with E-state index in [0.29, 0.717) is 0 Å². The summed E-state index contributed by atoms with van der Waals surface area (Å²) in [6.45, 7) is 6.75. The van der Waals surface area contributed by atoms with Crippen LogP contribution in [-0.2, 0) is 0 Å². The maximum absolute atomic E-state index is 2.37. The monoisotopic (exact) mass is 150 g/mol. The van der Waals surface area contributed by atoms with Crippen LogP contribution in [0.3, 0.4) is 0 Å². The smallest absolute Gasteiger partial charge is 0.0274 e. The van der Waals surface area contributed by atoms with Gasteiger partial charge in [0.15, 0.2) is 0 Å². The van der Waals surface area contributed by atoms with Crippen LogP contribution >= 0.6 is 0 Å². The molecule has 0 heterocycles. The fraction of sp³-hybridized carbons (Fsp3) is 0.636. The minimum Gasteiger partial charge on any atom is -0.0813 e. The standard InChI is InChI=1S/C11H18/c1-4-9(2)11-8-6-5-7-10(11)3/h7H,4-6,8H2,1-3H3. The lowest BCUT2D eigenvalue weighted by Crippen LogP contribution is -1.96. The highest BCUT2D eigenvalue weighted by Crippen LogP contribution is 2.27. The van der Waals surface area contributed by atoms with Crippen molar-refractivity contribution in [2.75, 3.05) is 0 Å². The van der Waals surface area contributed by atoms with Crippen LogP contribution in [0.1, 0.15) is 46.5 Å². The maximum Gasteiger partial charge on any atom is -0.0274 e. The van der Waals surface area contributed by atoms with Gasteiger partial charge in [0.2, 0.25) is 0 Å². The molecule has 0 aliphatic heterocycles. The van der Waals surface area contributed by atoms with Gasteiger partial charge in [0.25, 0.3) is 0 Å². The van der Waals surface area contributed by atoms with Crippen molar-refractivity contribution >= 4 is 0 Å². The highest BCUT2D eigenvalue weighted by atomic mass is 14.1. The highest BCUT2D eigenvalue weighted by Gasteiger charge is 2.07. The van der Waals surface area contributed by atoms with E-state index in [1.54, 1.807) is 11.1 Å². The summed E-state index contributed by atoms with van der Waals surface area (Å²) in [5, 5.41) is 0. The fourth-order valence-electron chi connectivity index (χ4n) is 1.68. The Morgan fingerprint density at radius 2 is 2.27 bits per heavy atom. The second-order valence-electron chi connectivity index (χ2n) is 3.39. The summed E-state index contributed by atoms with van der Waals surface area (Å²) in [6.07, 6.45) is 7.52. The van der Waals surface area contributed by atoms with Crippen LogP contribution in [0.25, 0.3) is 0 Å². The van der Waals surface area contributed by atoms with Crippen molar-refractivity contribution in [2.24, 2.45) is 0 Å². The molecule has 1 aliphatic rings. The van der Waals surface area contributed by atoms with Crippen LogP contribution in [0.2, 0.25) is 0 Å². The number of hydrogen-bond acceptors (Lipinski definition) is 0. The third kappa shape index (κ3) is 1.95. The molecule has 0 heteroatoms. The van der Waals surface area contributed by atoms with Gasteiger partial charge in [-0.2, -0.15) is 0 Å². The van der Waals surface area contributed by atoms with Crippen LogP contribution in [-0.4, -0.2) is 0 Å². The Kier molecular flexibility index (Phi) is 2.92. The zero-order valence-electron chi connectivity index (χ0n) is 7.91. The Labute approximate surface area is 70.0 Å². The van der Waals surface area contributed by atoms with Crippen molar-refractivity contribution in [3.63, 3.8) is 0 Å². The predicted molar refractivity (Wildman–Crippen MR) is 50.6 cm³/mol. The van der Waals surface area contributed by atoms with E-state index < -0.39 is 0 Å². The molecule has 11 heavy (non-hydrogen) atoms. The topological polar surface area (TPSA) is 0 Å². The Morgan fingerprint density at radius 3 is 2.82 bits per heavy atom. The first-order chi connectivity index (χ1) is 5.25. The lowest BCUT2D eigenvalue weighted by atomic mass is 9.90. The van der Waals surface area contributed by atoms with Gasteiger partial charge in [-0.25, -0.2) is 0 Å². The Bertz CT molecular complexity index is 194. The molecule has 0 nitrogen and oxygen atoms in total. The lowest BCUT2D eigenvalue weighted by molar-refractivity contribution is 0.785. The van der Waals surface area contributed by atoms with Gasteiger partial charge in [-0.3, -0.25) is 0 Å². The summed E-state index contributed by atoms with van der Waals surface area (Å²) < 4.78 is 0. The number of rotatable bonds is 1. The summed E-state index contributed by atoms with van der Waals surface area (Å²) in [5.41, 5.74) is 4.73. The van der Waals surface area contributed by atoms with Gasteiger partial charge in [-0.1, -0.05) is 24.1 Å². The highest BCUT2D eigenvalue weighted by molar-refractivity contribution is 5.34. The van der Waals surface area contributed by atoms with Crippen molar-refractivity contribution in [1.29, 1.82) is 0 Å². The molecule has 0 aromatic rings. The molecule has 0 amide bonds. The molecule has 0 aromatic heterocycles. The molecule has 1 rings (SSSR count). The zero-order valence-corrected chi connectivity index (χ0v) is 7.91. The molecule has 0 saturated carbocycles. The third-order valence-electron chi connectivity index (χ3n) is 2.60. The average Bonchev–Trinajstić information content (AvgIpc) is 2.04. The Balaban J connectivity index is 2.86. The van der Waals surface area contributed by atoms with Crippen LogP contribution in [0, 0.1) is 0 Å². The van der Waals surface area contributed by atoms with Crippen molar-refractivity contribution in [1.82, 2.24) is 0 Å². The SMILES string of the molecule is CCC(C)=C1CCCC=C1C. The molecule has 0 spiro atoms. The predicted octanol–water partition coefficient (Wildman–Crippen LogP) is 3.84. The van der Waals surface area contributed by atoms with Gasteiger partial charge in [0.05, 0.1) is 0 Å². The molecular weight excluding hydrogens is 132 g/mol. The molecule has 62 valence electrons. The first-order valence-electron chi connectivity index (χ1n) is 4.61. The molecule has 0 fully saturated rings. The number of allylic oxidation sites excluding steroid dienone is 4. The summed E-state index contributed by atoms with van der Waals surface area (Å²) in [7, 11) is 0. The van der Waals surface area contributed by atoms with E-state index in [9.17, 15) is 0 Å². The quantitative estimate of drug-likeness (QED) is 0.532. The van der Waals surface area contributed by atoms with Gasteiger partial charge in [0.1, 0.15) is 0 Å². The normalized spacial score (nSPS) is 23.0. The van der Waals surface area contributed by atoms with Gasteiger partial charge in [0, 0.05) is 0 Å². The Hall–Kier alpha value is -0.520. The first-order valence-corrected chi connectivity index (χ1v) is 4.61. The molecule has 1 aliphatic carbocycles. The van der Waals surface area contributed by atoms with Crippen LogP contribution in [0.4, 0.5) is 0 Å². The van der Waals surface area contributed by atoms with Gasteiger partial charge < -0.3 is 0 Å². The second kappa shape index (κ2) is 3.75. The van der Waals surface area contributed by atoms with Gasteiger partial charge in [-0.05, 0) is 45.1 Å². The third-order valence-corrected chi connectivity index (χ3v) is 2.60. The minimum atomic E-state index is 1.21. The van der Waals surface area contributed by atoms with E-state index in [0.717, 1.165) is 0 Å². The minimum absolute atomic E-state index is 1.21. The maximum atomic E-state index is 2.37. The van der Waals surface area contributed by atoms with Crippen molar-refractivity contribution in [3.05, 3.63) is 22.8 Å². The molecule has 0 bridgehead atoms. The molecule has 0 unspecified atom stereocenters. The average molecular weight is 150 g/mol. The summed E-state index contributed by atoms with van der Waals surface area (Å²) in [5.74, 6) is 0. The Morgan fingerprint density at radius 1 is 1.55 bits per heavy atom. The van der Waals surface area contributed by atoms with Crippen LogP contribution in [0.15, 0.2) is 22.8 Å². The van der Waals surface area contributed by atoms with E-state index in [1.165, 1.54) is 31.3 Å². The number of hydrogen-bond donors (Lipinski definition) is 0. The zero-order chi connectivity index (χ0) is 8.27. The van der Waals surface area contributed by atoms with Crippen molar-refractivity contribution < 1.29 is 0 Å². The molecular formula is C11H18. The fourth-order valence-corrected chi connectivity index (χ4v) is 1.68. The van der Waals surface area contributed by atoms with Crippen LogP contribution in [0.5, 0.6) is 0 Å². The summed E-state index contributed by atoms with van der Waals surface area (Å²) in [6, 6.07) is 0. The van der Waals surface area contributed by atoms with E-state index in [4.69, 9.17) is 0 Å². The first kappa shape index (κ1) is 8.58. The lowest BCUT2D eigenvalue weighted by Gasteiger charge is -2.16. The molecule has 0 N–H and O–H groups in total. The van der Waals surface area contributed by atoms with E-state index >= 15 is 0 Å². The van der Waals surface area contributed by atoms with Crippen LogP contribution < -0.4 is 0 Å².